The van der Waals surface area contributed by atoms with Crippen molar-refractivity contribution in [3.05, 3.63) is 40.1 Å². The second-order valence-electron chi connectivity index (χ2n) is 2.74. The molecule has 8 heteroatoms. The molecule has 3 N–H and O–H groups in total. The summed E-state index contributed by atoms with van der Waals surface area (Å²) < 4.78 is 0.564. The van der Waals surface area contributed by atoms with Gasteiger partial charge < -0.3 is 4.98 Å². The number of aromatic amines is 3. The Bertz CT molecular complexity index is 712. The van der Waals surface area contributed by atoms with Crippen molar-refractivity contribution in [1.82, 2.24) is 15.0 Å². The minimum absolute atomic E-state index is 0.0869. The molecule has 2 aromatic heterocycles. The molecule has 2 heterocycles. The molecule has 6 nitrogen and oxygen atoms in total. The van der Waals surface area contributed by atoms with E-state index in [2.05, 4.69) is 41.8 Å². The summed E-state index contributed by atoms with van der Waals surface area (Å²) in [5.41, 5.74) is -1.79. The number of aromatic nitrogens is 3. The highest BCUT2D eigenvalue weighted by Gasteiger charge is 2.11. The van der Waals surface area contributed by atoms with Crippen LogP contribution in [0.2, 0.25) is 0 Å². The highest BCUT2D eigenvalue weighted by molar-refractivity contribution is 9.13. The molecule has 0 aliphatic carbocycles. The normalized spacial score (nSPS) is 10.8. The molecule has 0 amide bonds. The predicted octanol–water partition coefficient (Wildman–Crippen LogP) is 0.430. The van der Waals surface area contributed by atoms with Gasteiger partial charge in [-0.1, -0.05) is 0 Å². The van der Waals surface area contributed by atoms with Gasteiger partial charge in [0.25, 0.3) is 5.56 Å². The molecule has 0 aliphatic rings. The van der Waals surface area contributed by atoms with Crippen LogP contribution in [0.25, 0.3) is 11.0 Å². The Kier molecular flexibility index (Phi) is 2.39. The molecular formula is C7H3Br2N3O3. The number of pyridine rings is 1. The first-order valence-corrected chi connectivity index (χ1v) is 5.33. The summed E-state index contributed by atoms with van der Waals surface area (Å²) in [5.74, 6) is 0. The van der Waals surface area contributed by atoms with Crippen LogP contribution in [0.1, 0.15) is 0 Å². The summed E-state index contributed by atoms with van der Waals surface area (Å²) in [7, 11) is 0. The lowest BCUT2D eigenvalue weighted by Crippen LogP contribution is -2.27. The molecule has 15 heavy (non-hydrogen) atoms. The fourth-order valence-electron chi connectivity index (χ4n) is 1.17. The highest BCUT2D eigenvalue weighted by atomic mass is 79.9. The number of rotatable bonds is 0. The van der Waals surface area contributed by atoms with E-state index < -0.39 is 16.7 Å². The van der Waals surface area contributed by atoms with Gasteiger partial charge in [0.05, 0.1) is 4.47 Å². The van der Waals surface area contributed by atoms with E-state index in [0.717, 1.165) is 0 Å². The molecule has 0 spiro atoms. The first-order valence-electron chi connectivity index (χ1n) is 3.74. The zero-order chi connectivity index (χ0) is 11.2. The minimum atomic E-state index is -0.719. The molecule has 2 rings (SSSR count). The zero-order valence-electron chi connectivity index (χ0n) is 6.98. The van der Waals surface area contributed by atoms with Crippen LogP contribution in [0.4, 0.5) is 0 Å². The molecule has 0 radical (unpaired) electrons. The summed E-state index contributed by atoms with van der Waals surface area (Å²) in [6.07, 6.45) is 0. The summed E-state index contributed by atoms with van der Waals surface area (Å²) in [4.78, 5) is 40.9. The fourth-order valence-corrected chi connectivity index (χ4v) is 1.85. The number of nitrogens with one attached hydrogen (secondary N) is 3. The van der Waals surface area contributed by atoms with E-state index in [4.69, 9.17) is 0 Å². The lowest BCUT2D eigenvalue weighted by atomic mass is 10.3. The van der Waals surface area contributed by atoms with Crippen molar-refractivity contribution in [3.8, 4) is 0 Å². The molecule has 0 saturated carbocycles. The maximum absolute atomic E-state index is 11.6. The average Bonchev–Trinajstić information content (AvgIpc) is 2.13. The van der Waals surface area contributed by atoms with Crippen LogP contribution in [0.5, 0.6) is 0 Å². The number of halogens is 2. The van der Waals surface area contributed by atoms with Crippen LogP contribution >= 0.6 is 31.9 Å². The molecular weight excluding hydrogens is 334 g/mol. The van der Waals surface area contributed by atoms with Crippen LogP contribution in [0.15, 0.2) is 23.5 Å². The molecule has 0 saturated heterocycles. The second kappa shape index (κ2) is 3.46. The van der Waals surface area contributed by atoms with E-state index in [0.29, 0.717) is 4.60 Å². The van der Waals surface area contributed by atoms with Crippen LogP contribution < -0.4 is 16.7 Å². The van der Waals surface area contributed by atoms with Gasteiger partial charge in [0.2, 0.25) is 5.43 Å². The van der Waals surface area contributed by atoms with Crippen molar-refractivity contribution in [3.63, 3.8) is 0 Å². The van der Waals surface area contributed by atoms with Gasteiger partial charge in [0, 0.05) is 0 Å². The van der Waals surface area contributed by atoms with Gasteiger partial charge in [0.1, 0.15) is 15.6 Å². The molecule has 0 bridgehead atoms. The van der Waals surface area contributed by atoms with Gasteiger partial charge >= 0.3 is 5.69 Å². The SMILES string of the molecule is O=c1[nH]c(=O)c2c(=O)c(Br)c(Br)[nH]c2[nH]1. The Morgan fingerprint density at radius 1 is 0.933 bits per heavy atom. The Morgan fingerprint density at radius 3 is 2.27 bits per heavy atom. The summed E-state index contributed by atoms with van der Waals surface area (Å²) in [6.45, 7) is 0. The summed E-state index contributed by atoms with van der Waals surface area (Å²) in [6, 6.07) is 0. The van der Waals surface area contributed by atoms with Crippen molar-refractivity contribution in [2.45, 2.75) is 0 Å². The van der Waals surface area contributed by atoms with Crippen molar-refractivity contribution < 1.29 is 0 Å². The van der Waals surface area contributed by atoms with Crippen LogP contribution in [0.3, 0.4) is 0 Å². The molecule has 78 valence electrons. The molecule has 0 fully saturated rings. The van der Waals surface area contributed by atoms with Crippen molar-refractivity contribution in [1.29, 1.82) is 0 Å². The lowest BCUT2D eigenvalue weighted by molar-refractivity contribution is 1.05. The Labute approximate surface area is 98.0 Å². The van der Waals surface area contributed by atoms with Crippen molar-refractivity contribution >= 4 is 42.9 Å². The topological polar surface area (TPSA) is 98.6 Å². The number of fused-ring (bicyclic) bond motifs is 1. The van der Waals surface area contributed by atoms with Gasteiger partial charge in [-0.15, -0.1) is 0 Å². The molecule has 0 aliphatic heterocycles. The second-order valence-corrected chi connectivity index (χ2v) is 4.33. The summed E-state index contributed by atoms with van der Waals surface area (Å²) >= 11 is 6.10. The molecule has 2 aromatic rings. The number of hydrogen-bond acceptors (Lipinski definition) is 3. The highest BCUT2D eigenvalue weighted by Crippen LogP contribution is 2.17. The first kappa shape index (κ1) is 10.4. The summed E-state index contributed by atoms with van der Waals surface area (Å²) in [5, 5.41) is -0.121. The van der Waals surface area contributed by atoms with Crippen molar-refractivity contribution in [2.75, 3.05) is 0 Å². The van der Waals surface area contributed by atoms with Gasteiger partial charge in [0.15, 0.2) is 0 Å². The Balaban J connectivity index is 3.20. The third-order valence-corrected chi connectivity index (χ3v) is 3.68. The van der Waals surface area contributed by atoms with E-state index in [1.807, 2.05) is 4.98 Å². The maximum atomic E-state index is 11.6. The average molecular weight is 337 g/mol. The van der Waals surface area contributed by atoms with Gasteiger partial charge in [-0.05, 0) is 31.9 Å². The van der Waals surface area contributed by atoms with Crippen molar-refractivity contribution in [2.24, 2.45) is 0 Å². The van der Waals surface area contributed by atoms with Gasteiger partial charge in [-0.2, -0.15) is 0 Å². The molecule has 0 atom stereocenters. The maximum Gasteiger partial charge on any atom is 0.327 e. The quantitative estimate of drug-likeness (QED) is 0.608. The van der Waals surface area contributed by atoms with E-state index >= 15 is 0 Å². The van der Waals surface area contributed by atoms with Crippen LogP contribution in [0, 0.1) is 0 Å². The standard InChI is InChI=1S/C7H3Br2N3O3/c8-2-3(13)1-5(10-4(2)9)11-7(15)12-6(1)14/h(H3,10,11,12,13,14,15). The predicted molar refractivity (Wildman–Crippen MR) is 61.2 cm³/mol. The van der Waals surface area contributed by atoms with E-state index in [-0.39, 0.29) is 15.5 Å². The zero-order valence-corrected chi connectivity index (χ0v) is 10.2. The van der Waals surface area contributed by atoms with E-state index in [1.165, 1.54) is 0 Å². The third kappa shape index (κ3) is 1.59. The first-order chi connectivity index (χ1) is 7.00. The third-order valence-electron chi connectivity index (χ3n) is 1.80. The largest absolute Gasteiger partial charge is 0.334 e. The van der Waals surface area contributed by atoms with E-state index in [9.17, 15) is 14.4 Å². The Morgan fingerprint density at radius 2 is 1.60 bits per heavy atom. The van der Waals surface area contributed by atoms with Crippen LogP contribution in [-0.4, -0.2) is 15.0 Å². The van der Waals surface area contributed by atoms with Gasteiger partial charge in [-0.3, -0.25) is 19.6 Å². The van der Waals surface area contributed by atoms with Gasteiger partial charge in [-0.25, -0.2) is 4.79 Å². The fraction of sp³-hybridized carbons (Fsp3) is 0. The smallest absolute Gasteiger partial charge is 0.327 e. The Hall–Kier alpha value is -1.15. The molecule has 0 unspecified atom stereocenters. The lowest BCUT2D eigenvalue weighted by Gasteiger charge is -1.99. The molecule has 0 aromatic carbocycles. The number of H-pyrrole nitrogens is 3. The van der Waals surface area contributed by atoms with E-state index in [1.54, 1.807) is 0 Å². The van der Waals surface area contributed by atoms with Crippen LogP contribution in [-0.2, 0) is 0 Å². The monoisotopic (exact) mass is 335 g/mol. The number of hydrogen-bond donors (Lipinski definition) is 3. The minimum Gasteiger partial charge on any atom is -0.334 e.